The van der Waals surface area contributed by atoms with Crippen LogP contribution >= 0.6 is 11.6 Å². The maximum Gasteiger partial charge on any atom is 0.264 e. The van der Waals surface area contributed by atoms with Gasteiger partial charge in [-0.1, -0.05) is 36.2 Å². The number of carbonyl (C=O) groups is 1. The molecule has 0 fully saturated rings. The third-order valence-electron chi connectivity index (χ3n) is 5.67. The van der Waals surface area contributed by atoms with E-state index in [0.717, 1.165) is 9.87 Å². The molecule has 202 valence electrons. The number of benzene rings is 3. The van der Waals surface area contributed by atoms with Crippen molar-refractivity contribution in [1.29, 1.82) is 0 Å². The Hall–Kier alpha value is -3.76. The summed E-state index contributed by atoms with van der Waals surface area (Å²) in [5.41, 5.74) is 4.77. The van der Waals surface area contributed by atoms with Gasteiger partial charge in [0.25, 0.3) is 15.9 Å². The van der Waals surface area contributed by atoms with Crippen LogP contribution in [0.2, 0.25) is 5.02 Å². The number of amides is 1. The molecular formula is C27H30ClN3O6S. The van der Waals surface area contributed by atoms with Gasteiger partial charge in [0.2, 0.25) is 0 Å². The molecule has 9 nitrogen and oxygen atoms in total. The molecule has 3 aromatic carbocycles. The number of aryl methyl sites for hydroxylation is 1. The molecule has 0 unspecified atom stereocenters. The first kappa shape index (κ1) is 28.8. The van der Waals surface area contributed by atoms with Crippen molar-refractivity contribution in [2.45, 2.75) is 25.2 Å². The van der Waals surface area contributed by atoms with Crippen molar-refractivity contribution >= 4 is 38.9 Å². The first-order valence-electron chi connectivity index (χ1n) is 11.6. The summed E-state index contributed by atoms with van der Waals surface area (Å²) in [5.74, 6) is 0.652. The minimum absolute atomic E-state index is 0.0148. The SMILES string of the molecule is CC/C(=N/NC(=O)CN(c1cc(Cl)ccc1OC)S(=O)(=O)c1ccc(C)cc1)c1ccc(OC)c(OC)c1. The monoisotopic (exact) mass is 559 g/mol. The number of hydrogen-bond acceptors (Lipinski definition) is 7. The molecule has 3 rings (SSSR count). The van der Waals surface area contributed by atoms with Crippen LogP contribution in [0.3, 0.4) is 0 Å². The average Bonchev–Trinajstić information content (AvgIpc) is 2.92. The highest BCUT2D eigenvalue weighted by Crippen LogP contribution is 2.35. The van der Waals surface area contributed by atoms with Gasteiger partial charge >= 0.3 is 0 Å². The zero-order valence-corrected chi connectivity index (χ0v) is 23.4. The number of sulfonamides is 1. The number of nitrogens with one attached hydrogen (secondary N) is 1. The lowest BCUT2D eigenvalue weighted by atomic mass is 10.1. The fourth-order valence-electron chi connectivity index (χ4n) is 3.65. The van der Waals surface area contributed by atoms with E-state index in [2.05, 4.69) is 10.5 Å². The zero-order chi connectivity index (χ0) is 27.9. The topological polar surface area (TPSA) is 107 Å². The van der Waals surface area contributed by atoms with E-state index in [1.807, 2.05) is 13.8 Å². The van der Waals surface area contributed by atoms with E-state index in [1.54, 1.807) is 36.4 Å². The van der Waals surface area contributed by atoms with Gasteiger partial charge in [0.05, 0.1) is 37.6 Å². The maximum atomic E-state index is 13.7. The highest BCUT2D eigenvalue weighted by atomic mass is 35.5. The van der Waals surface area contributed by atoms with Crippen LogP contribution in [0.4, 0.5) is 5.69 Å². The van der Waals surface area contributed by atoms with Gasteiger partial charge in [-0.2, -0.15) is 5.10 Å². The molecule has 0 aliphatic heterocycles. The number of methoxy groups -OCH3 is 3. The molecule has 1 amide bonds. The molecule has 0 aliphatic rings. The summed E-state index contributed by atoms with van der Waals surface area (Å²) in [6.07, 6.45) is 0.489. The first-order valence-corrected chi connectivity index (χ1v) is 13.5. The second-order valence-electron chi connectivity index (χ2n) is 8.16. The van der Waals surface area contributed by atoms with E-state index in [4.69, 9.17) is 25.8 Å². The lowest BCUT2D eigenvalue weighted by Gasteiger charge is -2.25. The molecule has 1 N–H and O–H groups in total. The first-order chi connectivity index (χ1) is 18.1. The van der Waals surface area contributed by atoms with Crippen molar-refractivity contribution in [3.8, 4) is 17.2 Å². The third kappa shape index (κ3) is 6.56. The predicted octanol–water partition coefficient (Wildman–Crippen LogP) is 4.80. The van der Waals surface area contributed by atoms with Crippen molar-refractivity contribution in [3.05, 3.63) is 76.8 Å². The Morgan fingerprint density at radius 3 is 2.16 bits per heavy atom. The fraction of sp³-hybridized carbons (Fsp3) is 0.259. The van der Waals surface area contributed by atoms with Crippen LogP contribution in [-0.2, 0) is 14.8 Å². The Balaban J connectivity index is 1.96. The predicted molar refractivity (Wildman–Crippen MR) is 148 cm³/mol. The highest BCUT2D eigenvalue weighted by molar-refractivity contribution is 7.92. The van der Waals surface area contributed by atoms with Crippen molar-refractivity contribution in [3.63, 3.8) is 0 Å². The Morgan fingerprint density at radius 2 is 1.55 bits per heavy atom. The van der Waals surface area contributed by atoms with Gasteiger partial charge in [0.15, 0.2) is 11.5 Å². The number of rotatable bonds is 11. The summed E-state index contributed by atoms with van der Waals surface area (Å²) < 4.78 is 44.3. The van der Waals surface area contributed by atoms with Crippen LogP contribution in [0.15, 0.2) is 70.7 Å². The van der Waals surface area contributed by atoms with Crippen molar-refractivity contribution in [2.24, 2.45) is 5.10 Å². The Labute approximate surface area is 228 Å². The lowest BCUT2D eigenvalue weighted by molar-refractivity contribution is -0.119. The third-order valence-corrected chi connectivity index (χ3v) is 7.68. The van der Waals surface area contributed by atoms with Gasteiger partial charge in [-0.3, -0.25) is 9.10 Å². The van der Waals surface area contributed by atoms with Crippen LogP contribution in [0.1, 0.15) is 24.5 Å². The number of nitrogens with zero attached hydrogens (tertiary/aromatic N) is 2. The van der Waals surface area contributed by atoms with E-state index in [1.165, 1.54) is 45.6 Å². The molecule has 0 aliphatic carbocycles. The van der Waals surface area contributed by atoms with Gasteiger partial charge in [-0.25, -0.2) is 13.8 Å². The molecule has 0 atom stereocenters. The molecule has 0 spiro atoms. The molecule has 3 aromatic rings. The fourth-order valence-corrected chi connectivity index (χ4v) is 5.24. The molecular weight excluding hydrogens is 530 g/mol. The number of anilines is 1. The number of hydrazone groups is 1. The van der Waals surface area contributed by atoms with Gasteiger partial charge in [0.1, 0.15) is 12.3 Å². The van der Waals surface area contributed by atoms with Gasteiger partial charge in [-0.05, 0) is 61.9 Å². The summed E-state index contributed by atoms with van der Waals surface area (Å²) in [7, 11) is 0.301. The molecule has 0 bridgehead atoms. The smallest absolute Gasteiger partial charge is 0.264 e. The molecule has 0 heterocycles. The van der Waals surface area contributed by atoms with E-state index in [0.29, 0.717) is 29.2 Å². The standard InChI is InChI=1S/C27H30ClN3O6S/c1-6-22(19-9-13-25(36-4)26(15-19)37-5)29-30-27(32)17-31(23-16-20(28)10-14-24(23)35-3)38(33,34)21-11-7-18(2)8-12-21/h7-16H,6,17H2,1-5H3,(H,30,32)/b29-22-. The summed E-state index contributed by atoms with van der Waals surface area (Å²) in [5, 5.41) is 4.54. The lowest BCUT2D eigenvalue weighted by Crippen LogP contribution is -2.40. The summed E-state index contributed by atoms with van der Waals surface area (Å²) in [6.45, 7) is 3.16. The van der Waals surface area contributed by atoms with Gasteiger partial charge in [0, 0.05) is 10.6 Å². The average molecular weight is 560 g/mol. The summed E-state index contributed by atoms with van der Waals surface area (Å²) in [4.78, 5) is 13.1. The summed E-state index contributed by atoms with van der Waals surface area (Å²) >= 11 is 6.19. The molecule has 38 heavy (non-hydrogen) atoms. The van der Waals surface area contributed by atoms with Crippen LogP contribution in [0, 0.1) is 6.92 Å². The molecule has 0 aromatic heterocycles. The maximum absolute atomic E-state index is 13.7. The quantitative estimate of drug-likeness (QED) is 0.267. The second kappa shape index (κ2) is 12.7. The number of ether oxygens (including phenoxy) is 3. The van der Waals surface area contributed by atoms with E-state index >= 15 is 0 Å². The van der Waals surface area contributed by atoms with Crippen LogP contribution in [0.25, 0.3) is 0 Å². The largest absolute Gasteiger partial charge is 0.495 e. The zero-order valence-electron chi connectivity index (χ0n) is 21.8. The summed E-state index contributed by atoms with van der Waals surface area (Å²) in [6, 6.07) is 16.2. The van der Waals surface area contributed by atoms with Crippen LogP contribution in [-0.4, -0.2) is 47.9 Å². The Bertz CT molecular complexity index is 1430. The minimum Gasteiger partial charge on any atom is -0.495 e. The van der Waals surface area contributed by atoms with E-state index in [9.17, 15) is 13.2 Å². The molecule has 0 radical (unpaired) electrons. The highest BCUT2D eigenvalue weighted by Gasteiger charge is 2.30. The van der Waals surface area contributed by atoms with Crippen LogP contribution in [0.5, 0.6) is 17.2 Å². The normalized spacial score (nSPS) is 11.6. The number of hydrogen-bond donors (Lipinski definition) is 1. The van der Waals surface area contributed by atoms with E-state index < -0.39 is 22.5 Å². The number of carbonyl (C=O) groups excluding carboxylic acids is 1. The second-order valence-corrected chi connectivity index (χ2v) is 10.5. The Morgan fingerprint density at radius 1 is 0.921 bits per heavy atom. The molecule has 11 heteroatoms. The van der Waals surface area contributed by atoms with E-state index in [-0.39, 0.29) is 21.4 Å². The van der Waals surface area contributed by atoms with Crippen molar-refractivity contribution in [2.75, 3.05) is 32.2 Å². The van der Waals surface area contributed by atoms with Gasteiger partial charge in [-0.15, -0.1) is 0 Å². The molecule has 0 saturated carbocycles. The minimum atomic E-state index is -4.17. The Kier molecular flexibility index (Phi) is 9.60. The molecule has 0 saturated heterocycles. The van der Waals surface area contributed by atoms with Crippen LogP contribution < -0.4 is 23.9 Å². The van der Waals surface area contributed by atoms with Crippen molar-refractivity contribution < 1.29 is 27.4 Å². The van der Waals surface area contributed by atoms with Gasteiger partial charge < -0.3 is 14.2 Å². The number of halogens is 1. The van der Waals surface area contributed by atoms with Crippen molar-refractivity contribution in [1.82, 2.24) is 5.43 Å².